The van der Waals surface area contributed by atoms with Gasteiger partial charge in [0.15, 0.2) is 0 Å². The molecular formula is C34H62O21. The predicted octanol–water partition coefficient (Wildman–Crippen LogP) is -7.28. The summed E-state index contributed by atoms with van der Waals surface area (Å²) in [5, 5.41) is 125. The van der Waals surface area contributed by atoms with Gasteiger partial charge in [0.05, 0.1) is 128 Å². The molecule has 0 aliphatic carbocycles. The number of ether oxygens (including phenoxy) is 9. The Kier molecular flexibility index (Phi) is 19.2. The van der Waals surface area contributed by atoms with E-state index in [9.17, 15) is 61.3 Å². The quantitative estimate of drug-likeness (QED) is 0.0544. The Morgan fingerprint density at radius 1 is 0.309 bits per heavy atom. The maximum atomic E-state index is 11.0. The maximum Gasteiger partial charge on any atom is 0.110 e. The lowest BCUT2D eigenvalue weighted by atomic mass is 9.86. The molecule has 0 amide bonds. The summed E-state index contributed by atoms with van der Waals surface area (Å²) in [6.07, 6.45) is -19.1. The lowest BCUT2D eigenvalue weighted by Crippen LogP contribution is -2.60. The lowest BCUT2D eigenvalue weighted by molar-refractivity contribution is -0.251. The molecule has 4 fully saturated rings. The highest BCUT2D eigenvalue weighted by molar-refractivity contribution is 4.96. The van der Waals surface area contributed by atoms with Gasteiger partial charge in [0.25, 0.3) is 0 Å². The Balaban J connectivity index is 1.24. The van der Waals surface area contributed by atoms with Gasteiger partial charge in [0, 0.05) is 37.9 Å². The minimum atomic E-state index is -1.51. The first kappa shape index (κ1) is 46.8. The second kappa shape index (κ2) is 22.5. The van der Waals surface area contributed by atoms with E-state index in [0.29, 0.717) is 0 Å². The van der Waals surface area contributed by atoms with E-state index in [-0.39, 0.29) is 52.9 Å². The summed E-state index contributed by atoms with van der Waals surface area (Å²) in [7, 11) is 2.82. The van der Waals surface area contributed by atoms with Gasteiger partial charge in [-0.25, -0.2) is 0 Å². The van der Waals surface area contributed by atoms with E-state index in [1.165, 1.54) is 14.2 Å². The molecule has 4 aliphatic heterocycles. The van der Waals surface area contributed by atoms with Crippen LogP contribution >= 0.6 is 0 Å². The van der Waals surface area contributed by atoms with Gasteiger partial charge in [-0.15, -0.1) is 0 Å². The summed E-state index contributed by atoms with van der Waals surface area (Å²) in [5.74, 6) is -3.40. The molecule has 4 saturated heterocycles. The highest BCUT2D eigenvalue weighted by atomic mass is 16.6. The van der Waals surface area contributed by atoms with Crippen LogP contribution in [0.15, 0.2) is 0 Å². The first-order chi connectivity index (χ1) is 26.4. The van der Waals surface area contributed by atoms with Gasteiger partial charge in [0.2, 0.25) is 0 Å². The molecule has 0 spiro atoms. The van der Waals surface area contributed by atoms with Crippen molar-refractivity contribution in [2.24, 2.45) is 23.7 Å². The fourth-order valence-corrected chi connectivity index (χ4v) is 7.80. The molecule has 0 aromatic heterocycles. The van der Waals surface area contributed by atoms with E-state index in [1.54, 1.807) is 0 Å². The summed E-state index contributed by atoms with van der Waals surface area (Å²) >= 11 is 0. The van der Waals surface area contributed by atoms with Crippen LogP contribution < -0.4 is 0 Å². The first-order valence-corrected chi connectivity index (χ1v) is 18.6. The summed E-state index contributed by atoms with van der Waals surface area (Å²) in [6.45, 7) is -3.61. The molecule has 55 heavy (non-hydrogen) atoms. The molecule has 0 saturated carbocycles. The molecule has 0 radical (unpaired) electrons. The van der Waals surface area contributed by atoms with Crippen LogP contribution in [-0.2, 0) is 42.6 Å². The molecule has 0 aromatic rings. The Morgan fingerprint density at radius 2 is 0.545 bits per heavy atom. The molecule has 21 nitrogen and oxygen atoms in total. The van der Waals surface area contributed by atoms with Crippen molar-refractivity contribution < 1.29 is 104 Å². The third-order valence-corrected chi connectivity index (χ3v) is 11.2. The van der Waals surface area contributed by atoms with Crippen molar-refractivity contribution >= 4 is 0 Å². The van der Waals surface area contributed by atoms with Crippen LogP contribution in [0.5, 0.6) is 0 Å². The van der Waals surface area contributed by atoms with Gasteiger partial charge in [-0.1, -0.05) is 0 Å². The Morgan fingerprint density at radius 3 is 0.782 bits per heavy atom. The van der Waals surface area contributed by atoms with Crippen molar-refractivity contribution in [3.63, 3.8) is 0 Å². The van der Waals surface area contributed by atoms with Crippen LogP contribution in [-0.4, -0.2) is 252 Å². The zero-order valence-corrected chi connectivity index (χ0v) is 31.1. The third-order valence-electron chi connectivity index (χ3n) is 11.2. The van der Waals surface area contributed by atoms with E-state index in [2.05, 4.69) is 0 Å². The molecule has 0 aromatic carbocycles. The molecular weight excluding hydrogens is 744 g/mol. The average molecular weight is 807 g/mol. The lowest BCUT2D eigenvalue weighted by Gasteiger charge is -2.44. The molecule has 20 atom stereocenters. The number of hydrogen-bond acceptors (Lipinski definition) is 21. The van der Waals surface area contributed by atoms with Crippen LogP contribution in [0.1, 0.15) is 0 Å². The predicted molar refractivity (Wildman–Crippen MR) is 181 cm³/mol. The highest BCUT2D eigenvalue weighted by Gasteiger charge is 2.49. The van der Waals surface area contributed by atoms with Crippen molar-refractivity contribution in [3.05, 3.63) is 0 Å². The van der Waals surface area contributed by atoms with Crippen LogP contribution in [0.4, 0.5) is 0 Å². The fourth-order valence-electron chi connectivity index (χ4n) is 7.80. The van der Waals surface area contributed by atoms with Gasteiger partial charge in [-0.3, -0.25) is 0 Å². The van der Waals surface area contributed by atoms with Crippen LogP contribution in [0.25, 0.3) is 0 Å². The maximum absolute atomic E-state index is 11.0. The fraction of sp³-hybridized carbons (Fsp3) is 1.00. The van der Waals surface area contributed by atoms with Crippen molar-refractivity contribution in [2.75, 3.05) is 93.5 Å². The average Bonchev–Trinajstić information content (AvgIpc) is 3.18. The third kappa shape index (κ3) is 11.3. The van der Waals surface area contributed by atoms with E-state index in [1.807, 2.05) is 0 Å². The van der Waals surface area contributed by atoms with Gasteiger partial charge in [0.1, 0.15) is 48.8 Å². The van der Waals surface area contributed by atoms with E-state index in [0.717, 1.165) is 0 Å². The monoisotopic (exact) mass is 806 g/mol. The summed E-state index contributed by atoms with van der Waals surface area (Å²) in [6, 6.07) is 0. The highest BCUT2D eigenvalue weighted by Crippen LogP contribution is 2.32. The number of hydrogen-bond donors (Lipinski definition) is 12. The first-order valence-electron chi connectivity index (χ1n) is 18.6. The van der Waals surface area contributed by atoms with Gasteiger partial charge >= 0.3 is 0 Å². The summed E-state index contributed by atoms with van der Waals surface area (Å²) in [5.41, 5.74) is 0. The normalized spacial score (nSPS) is 45.5. The molecule has 324 valence electrons. The molecule has 12 N–H and O–H groups in total. The second-order valence-corrected chi connectivity index (χ2v) is 14.7. The zero-order chi connectivity index (χ0) is 40.4. The molecule has 4 heterocycles. The van der Waals surface area contributed by atoms with Crippen molar-refractivity contribution in [3.8, 4) is 0 Å². The Hall–Kier alpha value is -0.840. The molecule has 21 heteroatoms. The van der Waals surface area contributed by atoms with E-state index >= 15 is 0 Å². The van der Waals surface area contributed by atoms with Crippen molar-refractivity contribution in [1.82, 2.24) is 0 Å². The topological polar surface area (TPSA) is 326 Å². The van der Waals surface area contributed by atoms with Crippen LogP contribution in [0.2, 0.25) is 0 Å². The SMILES string of the molecule is COCC1C(O)C(O)[C@@H](COCC2C(O)C(O)[C@@H](COCC3C(O)C(O)[C@@H](COCC4C(O)C(O)[C@@H](COC)O[C@H]4CO)O[C@H]3CO)O[C@H]2CO)O[C@H]1CO. The molecule has 4 rings (SSSR count). The number of aliphatic hydroxyl groups is 12. The second-order valence-electron chi connectivity index (χ2n) is 14.7. The van der Waals surface area contributed by atoms with Crippen molar-refractivity contribution in [1.29, 1.82) is 0 Å². The number of rotatable bonds is 20. The minimum absolute atomic E-state index is 0.00640. The van der Waals surface area contributed by atoms with Crippen molar-refractivity contribution in [2.45, 2.75) is 97.7 Å². The number of aliphatic hydroxyl groups excluding tert-OH is 12. The number of methoxy groups -OCH3 is 2. The molecule has 4 aliphatic rings. The van der Waals surface area contributed by atoms with Gasteiger partial charge in [-0.05, 0) is 0 Å². The smallest absolute Gasteiger partial charge is 0.110 e. The van der Waals surface area contributed by atoms with Crippen LogP contribution in [0, 0.1) is 23.7 Å². The van der Waals surface area contributed by atoms with Gasteiger partial charge in [-0.2, -0.15) is 0 Å². The van der Waals surface area contributed by atoms with Gasteiger partial charge < -0.3 is 104 Å². The minimum Gasteiger partial charge on any atom is -0.394 e. The standard InChI is InChI=1S/C34H62O21/c1-47-7-15-19(3-35)53-24(32(44)27(15)39)12-50-9-17-21(5-37)55-26(34(46)29(17)41)14-51-10-18-22(6-38)54-25(33(45)30(18)42)13-49-8-16-20(4-36)52-23(11-48-2)31(43)28(16)40/h15-46H,3-14H2,1-2H3/t15?,16?,17?,18?,19-,20-,21-,22-,23+,24+,25+,26+,27?,28?,29?,30?,31?,32?,33?,34?/m0/s1. The van der Waals surface area contributed by atoms with Crippen LogP contribution in [0.3, 0.4) is 0 Å². The Bertz CT molecular complexity index is 1070. The Labute approximate surface area is 318 Å². The van der Waals surface area contributed by atoms with E-state index < -0.39 is 148 Å². The summed E-state index contributed by atoms with van der Waals surface area (Å²) in [4.78, 5) is 0. The zero-order valence-electron chi connectivity index (χ0n) is 31.1. The largest absolute Gasteiger partial charge is 0.394 e. The summed E-state index contributed by atoms with van der Waals surface area (Å²) < 4.78 is 50.1. The molecule has 0 bridgehead atoms. The van der Waals surface area contributed by atoms with E-state index in [4.69, 9.17) is 42.6 Å². The molecule has 12 unspecified atom stereocenters.